The molecule has 0 fully saturated rings. The molecule has 5 rings (SSSR count). The number of fused-ring (bicyclic) bond motifs is 2. The maximum Gasteiger partial charge on any atom is 0.274 e. The van der Waals surface area contributed by atoms with Gasteiger partial charge in [0.15, 0.2) is 11.5 Å². The molecule has 0 atom stereocenters. The van der Waals surface area contributed by atoms with Crippen LogP contribution >= 0.6 is 0 Å². The monoisotopic (exact) mass is 428 g/mol. The Hall–Kier alpha value is -3.81. The SMILES string of the molecule is O=C(NCc1nnc2n1CCCCC2)c1nn(Cc2ccccc2)c(=O)c2ccccc12. The zero-order valence-corrected chi connectivity index (χ0v) is 17.7. The number of nitrogens with zero attached hydrogens (tertiary/aromatic N) is 5. The van der Waals surface area contributed by atoms with Gasteiger partial charge in [0.05, 0.1) is 18.5 Å². The minimum atomic E-state index is -0.339. The third-order valence-electron chi connectivity index (χ3n) is 5.85. The van der Waals surface area contributed by atoms with Gasteiger partial charge in [-0.3, -0.25) is 9.59 Å². The van der Waals surface area contributed by atoms with Gasteiger partial charge in [-0.25, -0.2) is 4.68 Å². The van der Waals surface area contributed by atoms with Gasteiger partial charge in [0.25, 0.3) is 11.5 Å². The van der Waals surface area contributed by atoms with Crippen LogP contribution in [0.15, 0.2) is 59.4 Å². The normalized spacial score (nSPS) is 13.5. The summed E-state index contributed by atoms with van der Waals surface area (Å²) in [6, 6.07) is 16.7. The molecule has 1 amide bonds. The largest absolute Gasteiger partial charge is 0.343 e. The van der Waals surface area contributed by atoms with Crippen LogP contribution in [-0.2, 0) is 26.1 Å². The van der Waals surface area contributed by atoms with E-state index in [0.29, 0.717) is 17.3 Å². The smallest absolute Gasteiger partial charge is 0.274 e. The molecule has 1 aliphatic heterocycles. The van der Waals surface area contributed by atoms with Gasteiger partial charge in [-0.15, -0.1) is 10.2 Å². The molecule has 2 aromatic carbocycles. The molecule has 0 radical (unpaired) electrons. The minimum absolute atomic E-state index is 0.219. The summed E-state index contributed by atoms with van der Waals surface area (Å²) in [6.45, 7) is 1.43. The highest BCUT2D eigenvalue weighted by molar-refractivity contribution is 6.04. The fourth-order valence-electron chi connectivity index (χ4n) is 4.19. The van der Waals surface area contributed by atoms with Crippen LogP contribution in [0, 0.1) is 0 Å². The van der Waals surface area contributed by atoms with Crippen molar-refractivity contribution in [2.45, 2.75) is 45.3 Å². The Morgan fingerprint density at radius 3 is 2.56 bits per heavy atom. The molecule has 0 bridgehead atoms. The van der Waals surface area contributed by atoms with Gasteiger partial charge in [-0.1, -0.05) is 55.0 Å². The standard InChI is InChI=1S/C24H24N6O2/c31-23(25-15-21-27-26-20-13-5-2-8-14-29(20)21)22-18-11-6-7-12-19(18)24(32)30(28-22)16-17-9-3-1-4-10-17/h1,3-4,6-7,9-12H,2,5,8,13-16H2,(H,25,31). The maximum atomic E-state index is 13.2. The second-order valence-electron chi connectivity index (χ2n) is 8.02. The third-order valence-corrected chi connectivity index (χ3v) is 5.85. The molecule has 1 N–H and O–H groups in total. The lowest BCUT2D eigenvalue weighted by molar-refractivity contribution is 0.0944. The Kier molecular flexibility index (Phi) is 5.49. The summed E-state index contributed by atoms with van der Waals surface area (Å²) >= 11 is 0. The number of amides is 1. The molecule has 1 aliphatic rings. The molecule has 162 valence electrons. The molecule has 0 saturated heterocycles. The molecule has 0 unspecified atom stereocenters. The Bertz CT molecular complexity index is 1330. The molecular formula is C24H24N6O2. The molecule has 4 aromatic rings. The number of aromatic nitrogens is 5. The quantitative estimate of drug-likeness (QED) is 0.527. The van der Waals surface area contributed by atoms with Crippen molar-refractivity contribution < 1.29 is 4.79 Å². The Labute approximate surface area is 184 Å². The van der Waals surface area contributed by atoms with E-state index in [-0.39, 0.29) is 23.7 Å². The first-order valence-electron chi connectivity index (χ1n) is 10.9. The number of carbonyl (C=O) groups is 1. The second-order valence-corrected chi connectivity index (χ2v) is 8.02. The van der Waals surface area contributed by atoms with Crippen molar-refractivity contribution >= 4 is 16.7 Å². The Balaban J connectivity index is 1.45. The summed E-state index contributed by atoms with van der Waals surface area (Å²) < 4.78 is 3.46. The molecule has 2 aromatic heterocycles. The predicted octanol–water partition coefficient (Wildman–Crippen LogP) is 2.69. The summed E-state index contributed by atoms with van der Waals surface area (Å²) in [7, 11) is 0. The van der Waals surface area contributed by atoms with Crippen LogP contribution in [-0.4, -0.2) is 30.5 Å². The molecule has 8 nitrogen and oxygen atoms in total. The Morgan fingerprint density at radius 2 is 1.72 bits per heavy atom. The lowest BCUT2D eigenvalue weighted by Crippen LogP contribution is -2.31. The van der Waals surface area contributed by atoms with E-state index in [1.807, 2.05) is 30.3 Å². The lowest BCUT2D eigenvalue weighted by atomic mass is 10.1. The van der Waals surface area contributed by atoms with Gasteiger partial charge in [0.2, 0.25) is 0 Å². The number of carbonyl (C=O) groups excluding carboxylic acids is 1. The van der Waals surface area contributed by atoms with Crippen LogP contribution in [0.5, 0.6) is 0 Å². The fourth-order valence-corrected chi connectivity index (χ4v) is 4.19. The molecule has 0 aliphatic carbocycles. The van der Waals surface area contributed by atoms with Crippen LogP contribution < -0.4 is 10.9 Å². The molecule has 32 heavy (non-hydrogen) atoms. The number of nitrogens with one attached hydrogen (secondary N) is 1. The van der Waals surface area contributed by atoms with E-state index in [4.69, 9.17) is 0 Å². The van der Waals surface area contributed by atoms with E-state index in [1.165, 1.54) is 11.1 Å². The van der Waals surface area contributed by atoms with Crippen LogP contribution in [0.25, 0.3) is 10.8 Å². The van der Waals surface area contributed by atoms with Gasteiger partial charge in [0, 0.05) is 18.4 Å². The van der Waals surface area contributed by atoms with Gasteiger partial charge >= 0.3 is 0 Å². The first-order valence-corrected chi connectivity index (χ1v) is 10.9. The van der Waals surface area contributed by atoms with E-state index in [1.54, 1.807) is 24.3 Å². The van der Waals surface area contributed by atoms with Crippen molar-refractivity contribution in [1.29, 1.82) is 0 Å². The highest BCUT2D eigenvalue weighted by Crippen LogP contribution is 2.16. The van der Waals surface area contributed by atoms with Crippen LogP contribution in [0.3, 0.4) is 0 Å². The van der Waals surface area contributed by atoms with E-state index in [0.717, 1.165) is 43.0 Å². The van der Waals surface area contributed by atoms with Crippen molar-refractivity contribution in [1.82, 2.24) is 29.9 Å². The highest BCUT2D eigenvalue weighted by atomic mass is 16.2. The number of aryl methyl sites for hydroxylation is 1. The maximum absolute atomic E-state index is 13.2. The molecule has 3 heterocycles. The van der Waals surface area contributed by atoms with E-state index >= 15 is 0 Å². The number of rotatable bonds is 5. The van der Waals surface area contributed by atoms with E-state index in [2.05, 4.69) is 25.2 Å². The number of hydrogen-bond acceptors (Lipinski definition) is 5. The zero-order chi connectivity index (χ0) is 21.9. The minimum Gasteiger partial charge on any atom is -0.343 e. The lowest BCUT2D eigenvalue weighted by Gasteiger charge is -2.12. The number of benzene rings is 2. The highest BCUT2D eigenvalue weighted by Gasteiger charge is 2.19. The first-order chi connectivity index (χ1) is 15.7. The van der Waals surface area contributed by atoms with E-state index in [9.17, 15) is 9.59 Å². The van der Waals surface area contributed by atoms with Crippen molar-refractivity contribution in [3.05, 3.63) is 87.9 Å². The second kappa shape index (κ2) is 8.74. The van der Waals surface area contributed by atoms with Gasteiger partial charge in [0.1, 0.15) is 5.82 Å². The average Bonchev–Trinajstić information content (AvgIpc) is 3.05. The average molecular weight is 428 g/mol. The number of hydrogen-bond donors (Lipinski definition) is 1. The topological polar surface area (TPSA) is 94.7 Å². The third kappa shape index (κ3) is 3.91. The van der Waals surface area contributed by atoms with Crippen molar-refractivity contribution in [3.8, 4) is 0 Å². The molecular weight excluding hydrogens is 404 g/mol. The van der Waals surface area contributed by atoms with Crippen LogP contribution in [0.2, 0.25) is 0 Å². The summed E-state index contributed by atoms with van der Waals surface area (Å²) in [5, 5.41) is 17.0. The van der Waals surface area contributed by atoms with Crippen molar-refractivity contribution in [2.24, 2.45) is 0 Å². The Morgan fingerprint density at radius 1 is 0.938 bits per heavy atom. The van der Waals surface area contributed by atoms with Gasteiger partial charge in [-0.2, -0.15) is 5.10 Å². The zero-order valence-electron chi connectivity index (χ0n) is 17.7. The molecule has 0 saturated carbocycles. The molecule has 0 spiro atoms. The van der Waals surface area contributed by atoms with Crippen LogP contribution in [0.4, 0.5) is 0 Å². The van der Waals surface area contributed by atoms with Gasteiger partial charge < -0.3 is 9.88 Å². The van der Waals surface area contributed by atoms with Crippen molar-refractivity contribution in [3.63, 3.8) is 0 Å². The molecule has 8 heteroatoms. The fraction of sp³-hybridized carbons (Fsp3) is 0.292. The van der Waals surface area contributed by atoms with Gasteiger partial charge in [-0.05, 0) is 24.5 Å². The first kappa shape index (κ1) is 20.1. The van der Waals surface area contributed by atoms with Crippen molar-refractivity contribution in [2.75, 3.05) is 0 Å². The summed E-state index contributed by atoms with van der Waals surface area (Å²) in [5.41, 5.74) is 0.949. The van der Waals surface area contributed by atoms with Crippen LogP contribution in [0.1, 0.15) is 47.0 Å². The summed E-state index contributed by atoms with van der Waals surface area (Å²) in [4.78, 5) is 26.2. The summed E-state index contributed by atoms with van der Waals surface area (Å²) in [6.07, 6.45) is 4.29. The predicted molar refractivity (Wildman–Crippen MR) is 120 cm³/mol. The van der Waals surface area contributed by atoms with E-state index < -0.39 is 0 Å². The summed E-state index contributed by atoms with van der Waals surface area (Å²) in [5.74, 6) is 1.39.